The summed E-state index contributed by atoms with van der Waals surface area (Å²) in [4.78, 5) is 53.5. The number of halogens is 2. The van der Waals surface area contributed by atoms with Gasteiger partial charge in [-0.25, -0.2) is 9.97 Å². The van der Waals surface area contributed by atoms with E-state index in [2.05, 4.69) is 14.9 Å². The van der Waals surface area contributed by atoms with Crippen LogP contribution >= 0.6 is 35.0 Å². The monoisotopic (exact) mass is 550 g/mol. The van der Waals surface area contributed by atoms with E-state index in [0.29, 0.717) is 72.5 Å². The lowest BCUT2D eigenvalue weighted by atomic mass is 10.1. The number of piperazine rings is 2. The first-order valence-electron chi connectivity index (χ1n) is 11.7. The van der Waals surface area contributed by atoms with Crippen LogP contribution in [0.1, 0.15) is 24.2 Å². The molecule has 2 fully saturated rings. The van der Waals surface area contributed by atoms with Crippen LogP contribution < -0.4 is 4.90 Å². The zero-order valence-corrected chi connectivity index (χ0v) is 22.5. The predicted octanol–water partition coefficient (Wildman–Crippen LogP) is 2.92. The van der Waals surface area contributed by atoms with Gasteiger partial charge in [0.1, 0.15) is 11.0 Å². The first kappa shape index (κ1) is 26.5. The minimum atomic E-state index is -0.0398. The van der Waals surface area contributed by atoms with Crippen LogP contribution in [0.3, 0.4) is 0 Å². The largest absolute Gasteiger partial charge is 0.353 e. The average molecular weight is 552 g/mol. The summed E-state index contributed by atoms with van der Waals surface area (Å²) in [6.45, 7) is 7.42. The van der Waals surface area contributed by atoms with E-state index in [1.807, 2.05) is 11.8 Å². The number of thioether (sulfide) groups is 1. The molecule has 3 amide bonds. The smallest absolute Gasteiger partial charge is 0.254 e. The van der Waals surface area contributed by atoms with E-state index in [1.54, 1.807) is 47.1 Å². The molecule has 0 saturated carbocycles. The molecule has 2 saturated heterocycles. The minimum Gasteiger partial charge on any atom is -0.353 e. The Bertz CT molecular complexity index is 1130. The molecule has 1 aromatic heterocycles. The highest BCUT2D eigenvalue weighted by atomic mass is 35.5. The van der Waals surface area contributed by atoms with Gasteiger partial charge < -0.3 is 19.6 Å². The summed E-state index contributed by atoms with van der Waals surface area (Å²) >= 11 is 13.5. The Labute approximate surface area is 224 Å². The van der Waals surface area contributed by atoms with Crippen molar-refractivity contribution in [2.24, 2.45) is 0 Å². The van der Waals surface area contributed by atoms with Gasteiger partial charge in [-0.2, -0.15) is 0 Å². The Balaban J connectivity index is 1.34. The number of rotatable bonds is 5. The van der Waals surface area contributed by atoms with Crippen LogP contribution in [-0.4, -0.2) is 100.0 Å². The van der Waals surface area contributed by atoms with Crippen molar-refractivity contribution in [2.75, 3.05) is 56.5 Å². The van der Waals surface area contributed by atoms with Gasteiger partial charge in [0, 0.05) is 75.4 Å². The van der Waals surface area contributed by atoms with Crippen molar-refractivity contribution in [3.05, 3.63) is 46.1 Å². The molecule has 2 aromatic rings. The predicted molar refractivity (Wildman–Crippen MR) is 141 cm³/mol. The molecule has 192 valence electrons. The summed E-state index contributed by atoms with van der Waals surface area (Å²) < 4.78 is 0. The van der Waals surface area contributed by atoms with Crippen molar-refractivity contribution in [3.8, 4) is 0 Å². The maximum absolute atomic E-state index is 13.0. The molecule has 1 atom stereocenters. The maximum atomic E-state index is 13.0. The van der Waals surface area contributed by atoms with Gasteiger partial charge >= 0.3 is 0 Å². The second-order valence-electron chi connectivity index (χ2n) is 8.81. The summed E-state index contributed by atoms with van der Waals surface area (Å²) in [6.07, 6.45) is 0. The van der Waals surface area contributed by atoms with Crippen molar-refractivity contribution in [1.82, 2.24) is 24.7 Å². The lowest BCUT2D eigenvalue weighted by Gasteiger charge is -2.40. The summed E-state index contributed by atoms with van der Waals surface area (Å²) in [5.41, 5.74) is 0.607. The molecule has 0 radical (unpaired) electrons. The van der Waals surface area contributed by atoms with Crippen LogP contribution in [0.2, 0.25) is 10.2 Å². The van der Waals surface area contributed by atoms with E-state index < -0.39 is 0 Å². The number of benzene rings is 1. The number of aromatic nitrogens is 2. The highest BCUT2D eigenvalue weighted by Crippen LogP contribution is 2.25. The molecular formula is C24H28Cl2N6O3S. The van der Waals surface area contributed by atoms with Crippen LogP contribution in [0.4, 0.5) is 5.82 Å². The minimum absolute atomic E-state index is 0.0173. The van der Waals surface area contributed by atoms with E-state index in [0.717, 1.165) is 0 Å². The molecule has 2 aliphatic rings. The van der Waals surface area contributed by atoms with E-state index in [4.69, 9.17) is 23.2 Å². The van der Waals surface area contributed by atoms with Crippen LogP contribution in [0.5, 0.6) is 0 Å². The van der Waals surface area contributed by atoms with Gasteiger partial charge in [0.2, 0.25) is 11.8 Å². The van der Waals surface area contributed by atoms with E-state index in [1.165, 1.54) is 11.8 Å². The second kappa shape index (κ2) is 11.7. The molecule has 0 N–H and O–H groups in total. The fourth-order valence-electron chi connectivity index (χ4n) is 4.33. The number of anilines is 1. The number of amides is 3. The topological polar surface area (TPSA) is 90.0 Å². The lowest BCUT2D eigenvalue weighted by Crippen LogP contribution is -2.54. The van der Waals surface area contributed by atoms with E-state index in [9.17, 15) is 14.4 Å². The highest BCUT2D eigenvalue weighted by molar-refractivity contribution is 7.99. The molecule has 2 aliphatic heterocycles. The summed E-state index contributed by atoms with van der Waals surface area (Å²) in [7, 11) is 0. The Morgan fingerprint density at radius 3 is 2.28 bits per heavy atom. The maximum Gasteiger partial charge on any atom is 0.254 e. The zero-order valence-electron chi connectivity index (χ0n) is 20.2. The number of carbonyl (C=O) groups excluding carboxylic acids is 3. The first-order valence-corrected chi connectivity index (χ1v) is 13.5. The molecule has 1 aromatic carbocycles. The molecule has 4 rings (SSSR count). The average Bonchev–Trinajstić information content (AvgIpc) is 2.87. The molecular weight excluding hydrogens is 523 g/mol. The molecule has 0 bridgehead atoms. The Kier molecular flexibility index (Phi) is 8.58. The van der Waals surface area contributed by atoms with E-state index >= 15 is 0 Å². The lowest BCUT2D eigenvalue weighted by molar-refractivity contribution is -0.136. The van der Waals surface area contributed by atoms with E-state index in [-0.39, 0.29) is 29.5 Å². The first-order chi connectivity index (χ1) is 17.2. The van der Waals surface area contributed by atoms with Crippen molar-refractivity contribution in [3.63, 3.8) is 0 Å². The number of hydrogen-bond donors (Lipinski definition) is 0. The molecule has 1 unspecified atom stereocenters. The summed E-state index contributed by atoms with van der Waals surface area (Å²) in [5.74, 6) is 0.848. The Morgan fingerprint density at radius 1 is 0.972 bits per heavy atom. The van der Waals surface area contributed by atoms with Crippen molar-refractivity contribution >= 4 is 58.5 Å². The van der Waals surface area contributed by atoms with Gasteiger partial charge in [-0.1, -0.05) is 35.0 Å². The third-order valence-electron chi connectivity index (χ3n) is 6.37. The molecule has 9 nitrogen and oxygen atoms in total. The van der Waals surface area contributed by atoms with Crippen LogP contribution in [0.15, 0.2) is 35.5 Å². The Hall–Kier alpha value is -2.56. The van der Waals surface area contributed by atoms with Crippen molar-refractivity contribution < 1.29 is 14.4 Å². The van der Waals surface area contributed by atoms with Gasteiger partial charge in [0.05, 0.1) is 5.75 Å². The van der Waals surface area contributed by atoms with Gasteiger partial charge in [-0.05, 0) is 31.2 Å². The fourth-order valence-corrected chi connectivity index (χ4v) is 5.44. The fraction of sp³-hybridized carbons (Fsp3) is 0.458. The third kappa shape index (κ3) is 6.41. The van der Waals surface area contributed by atoms with Crippen LogP contribution in [0, 0.1) is 0 Å². The molecule has 3 heterocycles. The number of nitrogens with zero attached hydrogens (tertiary/aromatic N) is 6. The Morgan fingerprint density at radius 2 is 1.64 bits per heavy atom. The molecule has 36 heavy (non-hydrogen) atoms. The SMILES string of the molecule is CC(=O)N1CCN(C(=O)CSc2nc(Cl)cc(N3CCN(C(=O)c4ccc(Cl)cc4)C(C)C3)n2)CC1. The number of hydrogen-bond acceptors (Lipinski definition) is 7. The second-order valence-corrected chi connectivity index (χ2v) is 10.6. The van der Waals surface area contributed by atoms with Gasteiger partial charge in [-0.3, -0.25) is 14.4 Å². The van der Waals surface area contributed by atoms with Crippen LogP contribution in [0.25, 0.3) is 0 Å². The van der Waals surface area contributed by atoms with Gasteiger partial charge in [-0.15, -0.1) is 0 Å². The van der Waals surface area contributed by atoms with Crippen LogP contribution in [-0.2, 0) is 9.59 Å². The van der Waals surface area contributed by atoms with Gasteiger partial charge in [0.15, 0.2) is 5.16 Å². The normalized spacial score (nSPS) is 18.4. The summed E-state index contributed by atoms with van der Waals surface area (Å²) in [6, 6.07) is 8.58. The zero-order chi connectivity index (χ0) is 25.8. The highest BCUT2D eigenvalue weighted by Gasteiger charge is 2.29. The summed E-state index contributed by atoms with van der Waals surface area (Å²) in [5, 5.41) is 1.33. The standard InChI is InChI=1S/C24H28Cl2N6O3S/c1-16-14-31(11-12-32(16)23(35)18-3-5-19(25)6-4-18)21-13-20(26)27-24(28-21)36-15-22(34)30-9-7-29(8-10-30)17(2)33/h3-6,13,16H,7-12,14-15H2,1-2H3. The molecule has 0 aliphatic carbocycles. The van der Waals surface area contributed by atoms with Gasteiger partial charge in [0.25, 0.3) is 5.91 Å². The van der Waals surface area contributed by atoms with Crippen molar-refractivity contribution in [1.29, 1.82) is 0 Å². The quantitative estimate of drug-likeness (QED) is 0.321. The third-order valence-corrected chi connectivity index (χ3v) is 7.64. The molecule has 12 heteroatoms. The number of carbonyl (C=O) groups is 3. The molecule has 0 spiro atoms. The van der Waals surface area contributed by atoms with Crippen molar-refractivity contribution in [2.45, 2.75) is 25.0 Å².